The van der Waals surface area contributed by atoms with Gasteiger partial charge in [0.2, 0.25) is 10.0 Å². The van der Waals surface area contributed by atoms with E-state index in [9.17, 15) is 13.2 Å². The summed E-state index contributed by atoms with van der Waals surface area (Å²) in [5.74, 6) is 0.145. The van der Waals surface area contributed by atoms with Gasteiger partial charge < -0.3 is 10.2 Å². The zero-order valence-corrected chi connectivity index (χ0v) is 14.5. The molecule has 1 fully saturated rings. The number of likely N-dealkylation sites (tertiary alicyclic amines) is 1. The van der Waals surface area contributed by atoms with Crippen LogP contribution >= 0.6 is 0 Å². The van der Waals surface area contributed by atoms with Crippen LogP contribution in [-0.2, 0) is 10.0 Å². The number of amides is 1. The first-order valence-corrected chi connectivity index (χ1v) is 9.68. The summed E-state index contributed by atoms with van der Waals surface area (Å²) >= 11 is 0. The quantitative estimate of drug-likeness (QED) is 0.826. The van der Waals surface area contributed by atoms with Crippen LogP contribution < -0.4 is 10.0 Å². The number of carbonyl (C=O) groups is 1. The molecule has 2 rings (SSSR count). The van der Waals surface area contributed by atoms with Gasteiger partial charge in [-0.05, 0) is 31.4 Å². The molecule has 1 heterocycles. The molecule has 0 atom stereocenters. The van der Waals surface area contributed by atoms with Crippen molar-refractivity contribution in [2.75, 3.05) is 31.2 Å². The minimum atomic E-state index is -3.20. The number of hydrogen-bond acceptors (Lipinski definition) is 4. The molecule has 128 valence electrons. The molecule has 1 aliphatic heterocycles. The number of hydrogen-bond donors (Lipinski definition) is 2. The Morgan fingerprint density at radius 1 is 1.26 bits per heavy atom. The summed E-state index contributed by atoms with van der Waals surface area (Å²) in [4.78, 5) is 14.4. The Morgan fingerprint density at radius 2 is 1.91 bits per heavy atom. The summed E-state index contributed by atoms with van der Waals surface area (Å²) < 4.78 is 26.4. The van der Waals surface area contributed by atoms with E-state index < -0.39 is 10.0 Å². The number of para-hydroxylation sites is 1. The van der Waals surface area contributed by atoms with E-state index in [0.717, 1.165) is 5.69 Å². The normalized spacial score (nSPS) is 16.3. The highest BCUT2D eigenvalue weighted by atomic mass is 32.2. The second-order valence-electron chi connectivity index (χ2n) is 5.80. The standard InChI is InChI=1S/C16H25N3O3S/c1-3-12-23(21,22)18-13-8-10-19(11-9-13)16(20)14-6-4-5-7-15(14)17-2/h4-7,13,17-18H,3,8-12H2,1-2H3. The van der Waals surface area contributed by atoms with E-state index in [4.69, 9.17) is 0 Å². The minimum Gasteiger partial charge on any atom is -0.387 e. The molecule has 1 amide bonds. The molecule has 23 heavy (non-hydrogen) atoms. The van der Waals surface area contributed by atoms with E-state index in [1.807, 2.05) is 31.2 Å². The number of anilines is 1. The molecule has 6 nitrogen and oxygen atoms in total. The first kappa shape index (κ1) is 17.7. The largest absolute Gasteiger partial charge is 0.387 e. The Labute approximate surface area is 138 Å². The first-order valence-electron chi connectivity index (χ1n) is 8.03. The van der Waals surface area contributed by atoms with Gasteiger partial charge in [0.05, 0.1) is 11.3 Å². The van der Waals surface area contributed by atoms with Crippen LogP contribution in [0.2, 0.25) is 0 Å². The Bertz CT molecular complexity index is 638. The fraction of sp³-hybridized carbons (Fsp3) is 0.562. The van der Waals surface area contributed by atoms with Crippen molar-refractivity contribution in [2.24, 2.45) is 0 Å². The van der Waals surface area contributed by atoms with Gasteiger partial charge in [-0.1, -0.05) is 19.1 Å². The van der Waals surface area contributed by atoms with Crippen LogP contribution in [0.1, 0.15) is 36.5 Å². The van der Waals surface area contributed by atoms with E-state index in [-0.39, 0.29) is 17.7 Å². The molecule has 0 spiro atoms. The molecular formula is C16H25N3O3S. The number of nitrogens with one attached hydrogen (secondary N) is 2. The SMILES string of the molecule is CCCS(=O)(=O)NC1CCN(C(=O)c2ccccc2NC)CC1. The van der Waals surface area contributed by atoms with Gasteiger partial charge in [-0.3, -0.25) is 4.79 Å². The Morgan fingerprint density at radius 3 is 2.52 bits per heavy atom. The summed E-state index contributed by atoms with van der Waals surface area (Å²) in [7, 11) is -1.40. The van der Waals surface area contributed by atoms with Gasteiger partial charge in [0.25, 0.3) is 5.91 Å². The molecule has 1 aromatic carbocycles. The maximum Gasteiger partial charge on any atom is 0.255 e. The maximum atomic E-state index is 12.6. The Balaban J connectivity index is 1.95. The summed E-state index contributed by atoms with van der Waals surface area (Å²) in [5.41, 5.74) is 1.46. The minimum absolute atomic E-state index is 0.00943. The highest BCUT2D eigenvalue weighted by Crippen LogP contribution is 2.20. The predicted octanol–water partition coefficient (Wildman–Crippen LogP) is 1.66. The lowest BCUT2D eigenvalue weighted by Gasteiger charge is -2.32. The number of nitrogens with zero attached hydrogens (tertiary/aromatic N) is 1. The summed E-state index contributed by atoms with van der Waals surface area (Å²) in [6.45, 7) is 2.98. The molecular weight excluding hydrogens is 314 g/mol. The van der Waals surface area contributed by atoms with E-state index in [1.54, 1.807) is 11.9 Å². The number of sulfonamides is 1. The fourth-order valence-electron chi connectivity index (χ4n) is 2.84. The molecule has 1 aliphatic rings. The van der Waals surface area contributed by atoms with Crippen molar-refractivity contribution in [2.45, 2.75) is 32.2 Å². The summed E-state index contributed by atoms with van der Waals surface area (Å²) in [6, 6.07) is 7.34. The third-order valence-electron chi connectivity index (χ3n) is 4.03. The van der Waals surface area contributed by atoms with Crippen LogP contribution in [-0.4, -0.2) is 51.2 Å². The molecule has 0 unspecified atom stereocenters. The highest BCUT2D eigenvalue weighted by Gasteiger charge is 2.26. The van der Waals surface area contributed by atoms with Crippen molar-refractivity contribution < 1.29 is 13.2 Å². The van der Waals surface area contributed by atoms with Crippen molar-refractivity contribution in [3.05, 3.63) is 29.8 Å². The fourth-order valence-corrected chi connectivity index (χ4v) is 4.24. The average molecular weight is 339 g/mol. The summed E-state index contributed by atoms with van der Waals surface area (Å²) in [5, 5.41) is 3.03. The first-order chi connectivity index (χ1) is 11.0. The van der Waals surface area contributed by atoms with Gasteiger partial charge in [-0.25, -0.2) is 13.1 Å². The average Bonchev–Trinajstić information content (AvgIpc) is 2.54. The van der Waals surface area contributed by atoms with Crippen LogP contribution in [0.3, 0.4) is 0 Å². The lowest BCUT2D eigenvalue weighted by Crippen LogP contribution is -2.47. The van der Waals surface area contributed by atoms with Gasteiger partial charge >= 0.3 is 0 Å². The van der Waals surface area contributed by atoms with E-state index in [1.165, 1.54) is 0 Å². The smallest absolute Gasteiger partial charge is 0.255 e. The maximum absolute atomic E-state index is 12.6. The van der Waals surface area contributed by atoms with Crippen molar-refractivity contribution >= 4 is 21.6 Å². The molecule has 0 bridgehead atoms. The van der Waals surface area contributed by atoms with Crippen molar-refractivity contribution in [1.82, 2.24) is 9.62 Å². The van der Waals surface area contributed by atoms with Gasteiger partial charge in [0.15, 0.2) is 0 Å². The second kappa shape index (κ2) is 7.79. The van der Waals surface area contributed by atoms with Crippen molar-refractivity contribution in [1.29, 1.82) is 0 Å². The molecule has 1 aromatic rings. The van der Waals surface area contributed by atoms with Crippen molar-refractivity contribution in [3.8, 4) is 0 Å². The van der Waals surface area contributed by atoms with E-state index in [2.05, 4.69) is 10.0 Å². The van der Waals surface area contributed by atoms with Gasteiger partial charge in [0.1, 0.15) is 0 Å². The Hall–Kier alpha value is -1.60. The monoisotopic (exact) mass is 339 g/mol. The molecule has 7 heteroatoms. The molecule has 0 radical (unpaired) electrons. The molecule has 0 aliphatic carbocycles. The third-order valence-corrected chi connectivity index (χ3v) is 5.67. The number of piperidine rings is 1. The summed E-state index contributed by atoms with van der Waals surface area (Å²) in [6.07, 6.45) is 1.90. The lowest BCUT2D eigenvalue weighted by atomic mass is 10.0. The van der Waals surface area contributed by atoms with Gasteiger partial charge in [-0.2, -0.15) is 0 Å². The molecule has 1 saturated heterocycles. The van der Waals surface area contributed by atoms with Crippen LogP contribution in [0.15, 0.2) is 24.3 Å². The van der Waals surface area contributed by atoms with E-state index in [0.29, 0.717) is 37.9 Å². The van der Waals surface area contributed by atoms with E-state index >= 15 is 0 Å². The molecule has 0 saturated carbocycles. The van der Waals surface area contributed by atoms with Gasteiger partial charge in [0, 0.05) is 31.9 Å². The molecule has 2 N–H and O–H groups in total. The van der Waals surface area contributed by atoms with Crippen molar-refractivity contribution in [3.63, 3.8) is 0 Å². The zero-order chi connectivity index (χ0) is 16.9. The zero-order valence-electron chi connectivity index (χ0n) is 13.7. The number of benzene rings is 1. The number of rotatable bonds is 6. The van der Waals surface area contributed by atoms with Crippen LogP contribution in [0.5, 0.6) is 0 Å². The highest BCUT2D eigenvalue weighted by molar-refractivity contribution is 7.89. The topological polar surface area (TPSA) is 78.5 Å². The lowest BCUT2D eigenvalue weighted by molar-refractivity contribution is 0.0712. The molecule has 0 aromatic heterocycles. The Kier molecular flexibility index (Phi) is 6.01. The van der Waals surface area contributed by atoms with Crippen LogP contribution in [0.4, 0.5) is 5.69 Å². The predicted molar refractivity (Wildman–Crippen MR) is 92.1 cm³/mol. The number of carbonyl (C=O) groups excluding carboxylic acids is 1. The third kappa shape index (κ3) is 4.68. The second-order valence-corrected chi connectivity index (χ2v) is 7.67. The van der Waals surface area contributed by atoms with Gasteiger partial charge in [-0.15, -0.1) is 0 Å². The van der Waals surface area contributed by atoms with Crippen LogP contribution in [0, 0.1) is 0 Å². The van der Waals surface area contributed by atoms with Crippen LogP contribution in [0.25, 0.3) is 0 Å².